The number of hydrogen-bond donors (Lipinski definition) is 1. The van der Waals surface area contributed by atoms with E-state index in [9.17, 15) is 18.0 Å². The SMILES string of the molecule is COc1ccc(C(=O)OCC(=O)NCc2ccccc2)cc1S(=O)(=O)N(C)Cc1ccccc1. The number of amides is 1. The van der Waals surface area contributed by atoms with Crippen LogP contribution in [0, 0.1) is 0 Å². The molecule has 8 nitrogen and oxygen atoms in total. The number of esters is 1. The molecule has 0 unspecified atom stereocenters. The average molecular weight is 483 g/mol. The van der Waals surface area contributed by atoms with Gasteiger partial charge in [-0.1, -0.05) is 60.7 Å². The van der Waals surface area contributed by atoms with Crippen LogP contribution in [-0.4, -0.2) is 45.4 Å². The predicted octanol–water partition coefficient (Wildman–Crippen LogP) is 2.99. The number of ether oxygens (including phenoxy) is 2. The number of nitrogens with zero attached hydrogens (tertiary/aromatic N) is 1. The van der Waals surface area contributed by atoms with Gasteiger partial charge in [-0.15, -0.1) is 0 Å². The Morgan fingerprint density at radius 2 is 1.53 bits per heavy atom. The maximum atomic E-state index is 13.2. The maximum Gasteiger partial charge on any atom is 0.338 e. The number of carbonyl (C=O) groups is 2. The Bertz CT molecular complexity index is 1230. The van der Waals surface area contributed by atoms with Gasteiger partial charge in [-0.25, -0.2) is 13.2 Å². The quantitative estimate of drug-likeness (QED) is 0.446. The second-order valence-electron chi connectivity index (χ2n) is 7.45. The number of carbonyl (C=O) groups excluding carboxylic acids is 2. The lowest BCUT2D eigenvalue weighted by molar-refractivity contribution is -0.124. The van der Waals surface area contributed by atoms with Gasteiger partial charge in [0.25, 0.3) is 5.91 Å². The highest BCUT2D eigenvalue weighted by Crippen LogP contribution is 2.28. The fourth-order valence-electron chi connectivity index (χ4n) is 3.16. The third-order valence-electron chi connectivity index (χ3n) is 5.00. The van der Waals surface area contributed by atoms with Crippen molar-refractivity contribution in [3.05, 3.63) is 95.6 Å². The van der Waals surface area contributed by atoms with Crippen LogP contribution in [0.15, 0.2) is 83.8 Å². The zero-order chi connectivity index (χ0) is 24.6. The molecule has 0 saturated carbocycles. The highest BCUT2D eigenvalue weighted by atomic mass is 32.2. The topological polar surface area (TPSA) is 102 Å². The Morgan fingerprint density at radius 1 is 0.912 bits per heavy atom. The molecule has 1 N–H and O–H groups in total. The zero-order valence-corrected chi connectivity index (χ0v) is 19.7. The van der Waals surface area contributed by atoms with Crippen molar-refractivity contribution in [1.82, 2.24) is 9.62 Å². The Hall–Kier alpha value is -3.69. The van der Waals surface area contributed by atoms with Gasteiger partial charge in [0, 0.05) is 20.1 Å². The third-order valence-corrected chi connectivity index (χ3v) is 6.83. The minimum absolute atomic E-state index is 0.0108. The molecule has 0 fully saturated rings. The van der Waals surface area contributed by atoms with Crippen LogP contribution in [0.2, 0.25) is 0 Å². The van der Waals surface area contributed by atoms with Gasteiger partial charge in [-0.3, -0.25) is 4.79 Å². The average Bonchev–Trinajstić information content (AvgIpc) is 2.86. The number of sulfonamides is 1. The lowest BCUT2D eigenvalue weighted by Crippen LogP contribution is -2.28. The van der Waals surface area contributed by atoms with Crippen LogP contribution in [0.5, 0.6) is 5.75 Å². The molecule has 34 heavy (non-hydrogen) atoms. The standard InChI is InChI=1S/C25H26N2O6S/c1-27(17-20-11-7-4-8-12-20)34(30,31)23-15-21(13-14-22(23)32-2)25(29)33-18-24(28)26-16-19-9-5-3-6-10-19/h3-15H,16-18H2,1-2H3,(H,26,28). The van der Waals surface area contributed by atoms with Crippen LogP contribution < -0.4 is 10.1 Å². The first kappa shape index (κ1) is 24.9. The normalized spacial score (nSPS) is 11.1. The summed E-state index contributed by atoms with van der Waals surface area (Å²) in [6.07, 6.45) is 0. The van der Waals surface area contributed by atoms with Gasteiger partial charge in [-0.05, 0) is 29.3 Å². The van der Waals surface area contributed by atoms with Crippen molar-refractivity contribution < 1.29 is 27.5 Å². The largest absolute Gasteiger partial charge is 0.495 e. The van der Waals surface area contributed by atoms with Crippen LogP contribution in [-0.2, 0) is 32.6 Å². The first-order valence-corrected chi connectivity index (χ1v) is 11.9. The Balaban J connectivity index is 1.68. The summed E-state index contributed by atoms with van der Waals surface area (Å²) in [5.74, 6) is -1.20. The van der Waals surface area contributed by atoms with E-state index >= 15 is 0 Å². The van der Waals surface area contributed by atoms with Crippen molar-refractivity contribution in [2.24, 2.45) is 0 Å². The van der Waals surface area contributed by atoms with E-state index in [-0.39, 0.29) is 22.8 Å². The lowest BCUT2D eigenvalue weighted by Gasteiger charge is -2.19. The summed E-state index contributed by atoms with van der Waals surface area (Å²) >= 11 is 0. The van der Waals surface area contributed by atoms with Crippen LogP contribution >= 0.6 is 0 Å². The minimum atomic E-state index is -3.99. The number of hydrogen-bond acceptors (Lipinski definition) is 6. The molecule has 178 valence electrons. The molecule has 1 amide bonds. The summed E-state index contributed by atoms with van der Waals surface area (Å²) in [6.45, 7) is -0.0494. The van der Waals surface area contributed by atoms with E-state index in [2.05, 4.69) is 5.32 Å². The molecule has 0 radical (unpaired) electrons. The highest BCUT2D eigenvalue weighted by molar-refractivity contribution is 7.89. The van der Waals surface area contributed by atoms with Gasteiger partial charge in [0.1, 0.15) is 10.6 Å². The van der Waals surface area contributed by atoms with E-state index in [1.807, 2.05) is 60.7 Å². The molecule has 3 aromatic carbocycles. The monoisotopic (exact) mass is 482 g/mol. The molecule has 0 saturated heterocycles. The van der Waals surface area contributed by atoms with Crippen LogP contribution in [0.4, 0.5) is 0 Å². The molecule has 3 rings (SSSR count). The van der Waals surface area contributed by atoms with Crippen LogP contribution in [0.3, 0.4) is 0 Å². The van der Waals surface area contributed by atoms with Crippen molar-refractivity contribution >= 4 is 21.9 Å². The second kappa shape index (κ2) is 11.4. The maximum absolute atomic E-state index is 13.2. The first-order chi connectivity index (χ1) is 16.3. The van der Waals surface area contributed by atoms with Crippen molar-refractivity contribution in [1.29, 1.82) is 0 Å². The Kier molecular flexibility index (Phi) is 8.39. The van der Waals surface area contributed by atoms with Crippen LogP contribution in [0.1, 0.15) is 21.5 Å². The molecule has 9 heteroatoms. The van der Waals surface area contributed by atoms with Gasteiger partial charge >= 0.3 is 5.97 Å². The molecule has 0 aliphatic carbocycles. The fraction of sp³-hybridized carbons (Fsp3) is 0.200. The summed E-state index contributed by atoms with van der Waals surface area (Å²) in [7, 11) is -1.19. The smallest absolute Gasteiger partial charge is 0.338 e. The fourth-order valence-corrected chi connectivity index (χ4v) is 4.50. The molecule has 3 aromatic rings. The highest BCUT2D eigenvalue weighted by Gasteiger charge is 2.27. The second-order valence-corrected chi connectivity index (χ2v) is 9.46. The summed E-state index contributed by atoms with van der Waals surface area (Å²) in [6, 6.07) is 22.4. The van der Waals surface area contributed by atoms with Gasteiger partial charge in [0.05, 0.1) is 12.7 Å². The molecular formula is C25H26N2O6S. The summed E-state index contributed by atoms with van der Waals surface area (Å²) in [4.78, 5) is 24.4. The first-order valence-electron chi connectivity index (χ1n) is 10.5. The molecule has 0 aliphatic rings. The molecular weight excluding hydrogens is 456 g/mol. The van der Waals surface area contributed by atoms with Crippen molar-refractivity contribution in [2.45, 2.75) is 18.0 Å². The molecule has 0 heterocycles. The van der Waals surface area contributed by atoms with Gasteiger partial charge in [0.15, 0.2) is 6.61 Å². The van der Waals surface area contributed by atoms with E-state index in [0.29, 0.717) is 6.54 Å². The van der Waals surface area contributed by atoms with Crippen molar-refractivity contribution in [3.63, 3.8) is 0 Å². The van der Waals surface area contributed by atoms with Crippen molar-refractivity contribution in [2.75, 3.05) is 20.8 Å². The van der Waals surface area contributed by atoms with E-state index in [4.69, 9.17) is 9.47 Å². The Labute approximate surface area is 199 Å². The molecule has 0 aliphatic heterocycles. The number of benzene rings is 3. The lowest BCUT2D eigenvalue weighted by atomic mass is 10.2. The molecule has 0 atom stereocenters. The van der Waals surface area contributed by atoms with Crippen molar-refractivity contribution in [3.8, 4) is 5.75 Å². The molecule has 0 aromatic heterocycles. The Morgan fingerprint density at radius 3 is 2.15 bits per heavy atom. The van der Waals surface area contributed by atoms with E-state index in [1.54, 1.807) is 0 Å². The minimum Gasteiger partial charge on any atom is -0.495 e. The molecule has 0 spiro atoms. The zero-order valence-electron chi connectivity index (χ0n) is 18.9. The van der Waals surface area contributed by atoms with Gasteiger partial charge in [0.2, 0.25) is 10.0 Å². The predicted molar refractivity (Wildman–Crippen MR) is 127 cm³/mol. The van der Waals surface area contributed by atoms with E-state index in [0.717, 1.165) is 11.1 Å². The van der Waals surface area contributed by atoms with Gasteiger partial charge < -0.3 is 14.8 Å². The summed E-state index contributed by atoms with van der Waals surface area (Å²) < 4.78 is 37.9. The number of methoxy groups -OCH3 is 1. The number of nitrogens with one attached hydrogen (secondary N) is 1. The van der Waals surface area contributed by atoms with E-state index < -0.39 is 28.5 Å². The number of rotatable bonds is 10. The summed E-state index contributed by atoms with van der Waals surface area (Å²) in [5, 5.41) is 2.66. The molecule has 0 bridgehead atoms. The summed E-state index contributed by atoms with van der Waals surface area (Å²) in [5.41, 5.74) is 1.71. The third kappa shape index (κ3) is 6.43. The van der Waals surface area contributed by atoms with Crippen LogP contribution in [0.25, 0.3) is 0 Å². The van der Waals surface area contributed by atoms with Gasteiger partial charge in [-0.2, -0.15) is 4.31 Å². The van der Waals surface area contributed by atoms with E-state index in [1.165, 1.54) is 36.7 Å².